The van der Waals surface area contributed by atoms with Crippen LogP contribution in [0, 0.1) is 0 Å². The van der Waals surface area contributed by atoms with E-state index in [-0.39, 0.29) is 24.3 Å². The molecule has 1 fully saturated rings. The third-order valence-electron chi connectivity index (χ3n) is 3.98. The second kappa shape index (κ2) is 4.92. The molecule has 110 valence electrons. The maximum Gasteiger partial charge on any atom is 0.314 e. The lowest BCUT2D eigenvalue weighted by atomic mass is 9.68. The molecule has 1 aromatic rings. The molecule has 20 heavy (non-hydrogen) atoms. The topological polar surface area (TPSA) is 66.8 Å². The molecule has 4 nitrogen and oxygen atoms in total. The summed E-state index contributed by atoms with van der Waals surface area (Å²) in [5.41, 5.74) is -1.04. The van der Waals surface area contributed by atoms with Crippen LogP contribution in [0.25, 0.3) is 0 Å². The first-order chi connectivity index (χ1) is 9.31. The third-order valence-corrected chi connectivity index (χ3v) is 3.98. The average molecular weight is 286 g/mol. The number of methoxy groups -OCH3 is 1. The number of benzene rings is 1. The Morgan fingerprint density at radius 3 is 2.30 bits per heavy atom. The highest BCUT2D eigenvalue weighted by atomic mass is 19.3. The molecule has 0 aliphatic heterocycles. The highest BCUT2D eigenvalue weighted by molar-refractivity contribution is 5.82. The largest absolute Gasteiger partial charge is 0.504 e. The molecule has 0 bridgehead atoms. The van der Waals surface area contributed by atoms with E-state index in [4.69, 9.17) is 4.74 Å². The Labute approximate surface area is 115 Å². The molecule has 0 spiro atoms. The van der Waals surface area contributed by atoms with Crippen molar-refractivity contribution in [2.24, 2.45) is 0 Å². The van der Waals surface area contributed by atoms with Crippen molar-refractivity contribution in [3.63, 3.8) is 0 Å². The van der Waals surface area contributed by atoms with Crippen molar-refractivity contribution in [2.75, 3.05) is 7.11 Å². The number of hydrogen-bond donors (Lipinski definition) is 2. The predicted molar refractivity (Wildman–Crippen MR) is 67.4 cm³/mol. The number of aliphatic carboxylic acids is 1. The molecule has 0 unspecified atom stereocenters. The fraction of sp³-hybridized carbons (Fsp3) is 0.500. The van der Waals surface area contributed by atoms with E-state index in [1.807, 2.05) is 0 Å². The van der Waals surface area contributed by atoms with E-state index >= 15 is 0 Å². The van der Waals surface area contributed by atoms with Gasteiger partial charge in [-0.15, -0.1) is 0 Å². The minimum atomic E-state index is -2.81. The van der Waals surface area contributed by atoms with Crippen molar-refractivity contribution in [3.05, 3.63) is 23.8 Å². The van der Waals surface area contributed by atoms with Crippen LogP contribution in [0.4, 0.5) is 8.78 Å². The average Bonchev–Trinajstić information content (AvgIpc) is 2.38. The number of aromatic hydroxyl groups is 1. The van der Waals surface area contributed by atoms with Gasteiger partial charge in [-0.3, -0.25) is 4.79 Å². The number of carbonyl (C=O) groups is 1. The number of halogens is 2. The first-order valence-corrected chi connectivity index (χ1v) is 6.29. The van der Waals surface area contributed by atoms with Gasteiger partial charge in [-0.05, 0) is 30.5 Å². The van der Waals surface area contributed by atoms with Gasteiger partial charge in [0.25, 0.3) is 0 Å². The number of phenols is 1. The van der Waals surface area contributed by atoms with Gasteiger partial charge in [-0.2, -0.15) is 0 Å². The highest BCUT2D eigenvalue weighted by Gasteiger charge is 2.49. The van der Waals surface area contributed by atoms with Crippen molar-refractivity contribution in [3.8, 4) is 11.5 Å². The maximum atomic E-state index is 13.3. The van der Waals surface area contributed by atoms with Crippen LogP contribution in [0.5, 0.6) is 11.5 Å². The molecule has 1 saturated carbocycles. The lowest BCUT2D eigenvalue weighted by Gasteiger charge is -2.37. The number of carboxylic acids is 1. The Balaban J connectivity index is 2.39. The molecular formula is C14H16F2O4. The van der Waals surface area contributed by atoms with Crippen LogP contribution in [0.15, 0.2) is 18.2 Å². The van der Waals surface area contributed by atoms with Crippen molar-refractivity contribution in [2.45, 2.75) is 37.0 Å². The Bertz CT molecular complexity index is 518. The number of rotatable bonds is 3. The van der Waals surface area contributed by atoms with Crippen LogP contribution < -0.4 is 4.74 Å². The standard InChI is InChI=1S/C14H16F2O4/c1-20-11-3-2-9(8-10(11)17)13(12(18)19)4-6-14(15,16)7-5-13/h2-3,8,17H,4-7H2,1H3,(H,18,19). The van der Waals surface area contributed by atoms with Crippen molar-refractivity contribution in [1.29, 1.82) is 0 Å². The zero-order valence-electron chi connectivity index (χ0n) is 11.0. The van der Waals surface area contributed by atoms with E-state index < -0.39 is 30.1 Å². The molecule has 0 radical (unpaired) electrons. The molecule has 1 aliphatic carbocycles. The smallest absolute Gasteiger partial charge is 0.314 e. The summed E-state index contributed by atoms with van der Waals surface area (Å²) < 4.78 is 31.4. The summed E-state index contributed by atoms with van der Waals surface area (Å²) in [4.78, 5) is 11.6. The number of ether oxygens (including phenoxy) is 1. The Hall–Kier alpha value is -1.85. The summed E-state index contributed by atoms with van der Waals surface area (Å²) in [5, 5.41) is 19.2. The summed E-state index contributed by atoms with van der Waals surface area (Å²) in [6.45, 7) is 0. The van der Waals surface area contributed by atoms with Gasteiger partial charge in [0.1, 0.15) is 0 Å². The fourth-order valence-electron chi connectivity index (χ4n) is 2.66. The molecule has 0 aromatic heterocycles. The molecule has 2 N–H and O–H groups in total. The van der Waals surface area contributed by atoms with E-state index in [1.165, 1.54) is 25.3 Å². The number of alkyl halides is 2. The molecule has 1 aliphatic rings. The molecule has 0 heterocycles. The number of carboxylic acid groups (broad SMARTS) is 1. The van der Waals surface area contributed by atoms with Gasteiger partial charge < -0.3 is 14.9 Å². The highest BCUT2D eigenvalue weighted by Crippen LogP contribution is 2.46. The SMILES string of the molecule is COc1ccc(C2(C(=O)O)CCC(F)(F)CC2)cc1O. The first kappa shape index (κ1) is 14.6. The van der Waals surface area contributed by atoms with Gasteiger partial charge in [0.05, 0.1) is 12.5 Å². The van der Waals surface area contributed by atoms with Gasteiger partial charge >= 0.3 is 5.97 Å². The zero-order chi connectivity index (χ0) is 15.0. The lowest BCUT2D eigenvalue weighted by Crippen LogP contribution is -2.42. The van der Waals surface area contributed by atoms with E-state index in [1.54, 1.807) is 0 Å². The van der Waals surface area contributed by atoms with Crippen LogP contribution in [0.3, 0.4) is 0 Å². The van der Waals surface area contributed by atoms with E-state index in [9.17, 15) is 23.8 Å². The summed E-state index contributed by atoms with van der Waals surface area (Å²) in [7, 11) is 1.38. The fourth-order valence-corrected chi connectivity index (χ4v) is 2.66. The van der Waals surface area contributed by atoms with Crippen LogP contribution in [-0.2, 0) is 10.2 Å². The second-order valence-corrected chi connectivity index (χ2v) is 5.13. The van der Waals surface area contributed by atoms with Crippen LogP contribution >= 0.6 is 0 Å². The zero-order valence-corrected chi connectivity index (χ0v) is 11.0. The van der Waals surface area contributed by atoms with Crippen molar-refractivity contribution in [1.82, 2.24) is 0 Å². The van der Waals surface area contributed by atoms with Crippen LogP contribution in [-0.4, -0.2) is 29.2 Å². The van der Waals surface area contributed by atoms with E-state index in [0.717, 1.165) is 0 Å². The molecule has 1 aromatic carbocycles. The molecule has 2 rings (SSSR count). The summed E-state index contributed by atoms with van der Waals surface area (Å²) >= 11 is 0. The van der Waals surface area contributed by atoms with Gasteiger partial charge in [0.2, 0.25) is 5.92 Å². The molecular weight excluding hydrogens is 270 g/mol. The van der Waals surface area contributed by atoms with Gasteiger partial charge in [-0.25, -0.2) is 8.78 Å². The molecule has 6 heteroatoms. The van der Waals surface area contributed by atoms with Crippen molar-refractivity contribution < 1.29 is 28.5 Å². The maximum absolute atomic E-state index is 13.3. The molecule has 0 atom stereocenters. The van der Waals surface area contributed by atoms with E-state index in [0.29, 0.717) is 5.56 Å². The second-order valence-electron chi connectivity index (χ2n) is 5.13. The van der Waals surface area contributed by atoms with Crippen LogP contribution in [0.1, 0.15) is 31.2 Å². The monoisotopic (exact) mass is 286 g/mol. The number of phenolic OH excluding ortho intramolecular Hbond substituents is 1. The van der Waals surface area contributed by atoms with Gasteiger partial charge in [0.15, 0.2) is 11.5 Å². The predicted octanol–water partition coefficient (Wildman–Crippen LogP) is 2.93. The van der Waals surface area contributed by atoms with Gasteiger partial charge in [-0.1, -0.05) is 6.07 Å². The minimum Gasteiger partial charge on any atom is -0.504 e. The third kappa shape index (κ3) is 2.42. The minimum absolute atomic E-state index is 0.152. The summed E-state index contributed by atoms with van der Waals surface area (Å²) in [6.07, 6.45) is -1.24. The lowest BCUT2D eigenvalue weighted by molar-refractivity contribution is -0.149. The molecule has 0 saturated heterocycles. The first-order valence-electron chi connectivity index (χ1n) is 6.29. The van der Waals surface area contributed by atoms with Gasteiger partial charge in [0, 0.05) is 12.8 Å². The quantitative estimate of drug-likeness (QED) is 0.896. The Kier molecular flexibility index (Phi) is 3.58. The summed E-state index contributed by atoms with van der Waals surface area (Å²) in [6, 6.07) is 4.24. The van der Waals surface area contributed by atoms with E-state index in [2.05, 4.69) is 0 Å². The number of hydrogen-bond acceptors (Lipinski definition) is 3. The summed E-state index contributed by atoms with van der Waals surface area (Å²) in [5.74, 6) is -3.93. The Morgan fingerprint density at radius 1 is 1.25 bits per heavy atom. The molecule has 0 amide bonds. The van der Waals surface area contributed by atoms with Crippen molar-refractivity contribution >= 4 is 5.97 Å². The normalized spacial score (nSPS) is 20.4. The Morgan fingerprint density at radius 2 is 1.85 bits per heavy atom. The van der Waals surface area contributed by atoms with Crippen LogP contribution in [0.2, 0.25) is 0 Å².